The van der Waals surface area contributed by atoms with Crippen LogP contribution in [-0.2, 0) is 27.1 Å². The fourth-order valence-electron chi connectivity index (χ4n) is 9.08. The normalized spacial score (nSPS) is 44.9. The summed E-state index contributed by atoms with van der Waals surface area (Å²) in [5.74, 6) is 2.93. The standard InChI is InChI=1S/C27H41N3O3/c1-25-15-18-16-28-29-23(18)14-19(25)4-5-20-21(25)6-8-26(2)22(20)7-9-27(26,3)33-24(31)17-30-10-12-32-13-11-30/h16,19-22H,4-15,17H2,1-3H3,(H,28,29)/t19-,20+,21-,22-,25-,26-,27?/m0/s1. The Balaban J connectivity index is 1.19. The quantitative estimate of drug-likeness (QED) is 0.698. The van der Waals surface area contributed by atoms with Crippen LogP contribution < -0.4 is 0 Å². The van der Waals surface area contributed by atoms with E-state index < -0.39 is 0 Å². The minimum Gasteiger partial charge on any atom is -0.458 e. The van der Waals surface area contributed by atoms with E-state index in [0.717, 1.165) is 43.7 Å². The van der Waals surface area contributed by atoms with E-state index in [0.29, 0.717) is 31.1 Å². The molecule has 0 amide bonds. The second-order valence-electron chi connectivity index (χ2n) is 12.5. The van der Waals surface area contributed by atoms with Gasteiger partial charge in [-0.3, -0.25) is 14.8 Å². The number of hydrogen-bond acceptors (Lipinski definition) is 5. The molecule has 2 heterocycles. The van der Waals surface area contributed by atoms with Gasteiger partial charge in [0.2, 0.25) is 0 Å². The highest BCUT2D eigenvalue weighted by Gasteiger charge is 2.65. The predicted molar refractivity (Wildman–Crippen MR) is 126 cm³/mol. The van der Waals surface area contributed by atoms with Crippen molar-refractivity contribution < 1.29 is 14.3 Å². The molecular formula is C27H41N3O3. The first-order valence-corrected chi connectivity index (χ1v) is 13.4. The van der Waals surface area contributed by atoms with E-state index in [9.17, 15) is 4.79 Å². The molecule has 33 heavy (non-hydrogen) atoms. The Kier molecular flexibility index (Phi) is 5.23. The first kappa shape index (κ1) is 22.1. The van der Waals surface area contributed by atoms with Crippen LogP contribution in [0, 0.1) is 34.5 Å². The zero-order chi connectivity index (χ0) is 22.8. The molecule has 6 nitrogen and oxygen atoms in total. The van der Waals surface area contributed by atoms with Crippen molar-refractivity contribution in [2.75, 3.05) is 32.8 Å². The Morgan fingerprint density at radius 1 is 1.15 bits per heavy atom. The van der Waals surface area contributed by atoms with Crippen molar-refractivity contribution in [3.63, 3.8) is 0 Å². The van der Waals surface area contributed by atoms with Crippen LogP contribution in [0.4, 0.5) is 0 Å². The summed E-state index contributed by atoms with van der Waals surface area (Å²) >= 11 is 0. The highest BCUT2D eigenvalue weighted by Crippen LogP contribution is 2.68. The summed E-state index contributed by atoms with van der Waals surface area (Å²) in [6, 6.07) is 0. The molecule has 3 saturated carbocycles. The second-order valence-corrected chi connectivity index (χ2v) is 12.5. The van der Waals surface area contributed by atoms with Crippen molar-refractivity contribution in [1.82, 2.24) is 15.1 Å². The van der Waals surface area contributed by atoms with Crippen LogP contribution in [0.5, 0.6) is 0 Å². The van der Waals surface area contributed by atoms with E-state index in [-0.39, 0.29) is 17.0 Å². The molecule has 5 aliphatic rings. The minimum absolute atomic E-state index is 0.0427. The molecule has 7 atom stereocenters. The van der Waals surface area contributed by atoms with Gasteiger partial charge in [0.15, 0.2) is 0 Å². The van der Waals surface area contributed by atoms with Crippen LogP contribution in [0.2, 0.25) is 0 Å². The van der Waals surface area contributed by atoms with Gasteiger partial charge in [-0.15, -0.1) is 0 Å². The molecule has 1 unspecified atom stereocenters. The second kappa shape index (κ2) is 7.81. The maximum Gasteiger partial charge on any atom is 0.320 e. The van der Waals surface area contributed by atoms with Crippen LogP contribution in [0.3, 0.4) is 0 Å². The van der Waals surface area contributed by atoms with Gasteiger partial charge in [-0.05, 0) is 92.9 Å². The lowest BCUT2D eigenvalue weighted by atomic mass is 9.44. The van der Waals surface area contributed by atoms with Gasteiger partial charge in [0.05, 0.1) is 25.5 Å². The maximum absolute atomic E-state index is 13.0. The minimum atomic E-state index is -0.339. The lowest BCUT2D eigenvalue weighted by Gasteiger charge is -2.61. The molecule has 1 saturated heterocycles. The number of esters is 1. The maximum atomic E-state index is 13.0. The fourth-order valence-corrected chi connectivity index (χ4v) is 9.08. The van der Waals surface area contributed by atoms with E-state index in [4.69, 9.17) is 9.47 Å². The number of hydrogen-bond donors (Lipinski definition) is 1. The number of nitrogens with one attached hydrogen (secondary N) is 1. The van der Waals surface area contributed by atoms with Gasteiger partial charge in [0, 0.05) is 24.7 Å². The average Bonchev–Trinajstić information content (AvgIpc) is 3.33. The summed E-state index contributed by atoms with van der Waals surface area (Å²) < 4.78 is 11.8. The van der Waals surface area contributed by atoms with Crippen molar-refractivity contribution in [1.29, 1.82) is 0 Å². The Bertz CT molecular complexity index is 910. The number of carbonyl (C=O) groups excluding carboxylic acids is 1. The number of rotatable bonds is 3. The van der Waals surface area contributed by atoms with E-state index in [1.54, 1.807) is 0 Å². The molecule has 1 N–H and O–H groups in total. The molecule has 0 spiro atoms. The van der Waals surface area contributed by atoms with Gasteiger partial charge in [0.25, 0.3) is 0 Å². The van der Waals surface area contributed by atoms with Crippen LogP contribution in [0.15, 0.2) is 6.20 Å². The first-order valence-electron chi connectivity index (χ1n) is 13.4. The van der Waals surface area contributed by atoms with Gasteiger partial charge < -0.3 is 9.47 Å². The molecule has 0 bridgehead atoms. The van der Waals surface area contributed by atoms with Crippen LogP contribution >= 0.6 is 0 Å². The number of carbonyl (C=O) groups is 1. The molecule has 0 aromatic carbocycles. The highest BCUT2D eigenvalue weighted by molar-refractivity contribution is 5.72. The number of aromatic nitrogens is 2. The largest absolute Gasteiger partial charge is 0.458 e. The summed E-state index contributed by atoms with van der Waals surface area (Å²) in [7, 11) is 0. The summed E-state index contributed by atoms with van der Waals surface area (Å²) in [5.41, 5.74) is 2.91. The van der Waals surface area contributed by atoms with Crippen molar-refractivity contribution in [3.05, 3.63) is 17.5 Å². The monoisotopic (exact) mass is 455 g/mol. The van der Waals surface area contributed by atoms with Crippen molar-refractivity contribution in [2.45, 2.75) is 77.7 Å². The number of H-pyrrole nitrogens is 1. The number of aromatic amines is 1. The molecular weight excluding hydrogens is 414 g/mol. The van der Waals surface area contributed by atoms with Crippen molar-refractivity contribution in [2.24, 2.45) is 34.5 Å². The van der Waals surface area contributed by atoms with Crippen LogP contribution in [0.1, 0.15) is 70.6 Å². The molecule has 0 radical (unpaired) electrons. The third-order valence-electron chi connectivity index (χ3n) is 11.2. The number of ether oxygens (including phenoxy) is 2. The summed E-state index contributed by atoms with van der Waals surface area (Å²) in [6.45, 7) is 10.8. The third-order valence-corrected chi connectivity index (χ3v) is 11.2. The SMILES string of the molecule is CC1(OC(=O)CN2CCOCC2)CC[C@H]2[C@@H]3CC[C@H]4Cc5n[nH]cc5C[C@]4(C)[C@H]3CC[C@@]21C. The van der Waals surface area contributed by atoms with E-state index in [2.05, 4.69) is 42.1 Å². The zero-order valence-electron chi connectivity index (χ0n) is 20.7. The molecule has 6 heteroatoms. The van der Waals surface area contributed by atoms with E-state index in [1.165, 1.54) is 49.8 Å². The molecule has 4 aliphatic carbocycles. The predicted octanol–water partition coefficient (Wildman–Crippen LogP) is 4.00. The first-order chi connectivity index (χ1) is 15.8. The number of fused-ring (bicyclic) bond motifs is 6. The molecule has 1 aromatic heterocycles. The lowest BCUT2D eigenvalue weighted by molar-refractivity contribution is -0.185. The lowest BCUT2D eigenvalue weighted by Crippen LogP contribution is -2.57. The molecule has 1 aromatic rings. The molecule has 4 fully saturated rings. The number of morpholine rings is 1. The zero-order valence-corrected chi connectivity index (χ0v) is 20.7. The average molecular weight is 456 g/mol. The van der Waals surface area contributed by atoms with Gasteiger partial charge in [-0.1, -0.05) is 13.8 Å². The van der Waals surface area contributed by atoms with Gasteiger partial charge in [0.1, 0.15) is 5.60 Å². The van der Waals surface area contributed by atoms with Crippen LogP contribution in [0.25, 0.3) is 0 Å². The smallest absolute Gasteiger partial charge is 0.320 e. The van der Waals surface area contributed by atoms with Crippen molar-refractivity contribution >= 4 is 5.97 Å². The topological polar surface area (TPSA) is 67.4 Å². The number of nitrogens with zero attached hydrogens (tertiary/aromatic N) is 2. The third kappa shape index (κ3) is 3.34. The summed E-state index contributed by atoms with van der Waals surface area (Å²) in [6.07, 6.45) is 11.8. The Labute approximate surface area is 198 Å². The van der Waals surface area contributed by atoms with Gasteiger partial charge >= 0.3 is 5.97 Å². The highest BCUT2D eigenvalue weighted by atomic mass is 16.6. The van der Waals surface area contributed by atoms with Gasteiger partial charge in [-0.25, -0.2) is 0 Å². The summed E-state index contributed by atoms with van der Waals surface area (Å²) in [4.78, 5) is 15.2. The van der Waals surface area contributed by atoms with Crippen LogP contribution in [-0.4, -0.2) is 59.5 Å². The van der Waals surface area contributed by atoms with Gasteiger partial charge in [-0.2, -0.15) is 5.10 Å². The van der Waals surface area contributed by atoms with E-state index in [1.807, 2.05) is 0 Å². The Hall–Kier alpha value is -1.40. The Morgan fingerprint density at radius 2 is 1.94 bits per heavy atom. The van der Waals surface area contributed by atoms with Crippen molar-refractivity contribution in [3.8, 4) is 0 Å². The Morgan fingerprint density at radius 3 is 2.76 bits per heavy atom. The summed E-state index contributed by atoms with van der Waals surface area (Å²) in [5, 5.41) is 7.68. The fraction of sp³-hybridized carbons (Fsp3) is 0.852. The molecule has 1 aliphatic heterocycles. The molecule has 6 rings (SSSR count). The molecule has 182 valence electrons. The van der Waals surface area contributed by atoms with E-state index >= 15 is 0 Å².